The maximum absolute atomic E-state index is 10.6. The van der Waals surface area contributed by atoms with E-state index in [-0.39, 0.29) is 12.5 Å². The molecule has 0 bridgehead atoms. The first-order chi connectivity index (χ1) is 7.56. The number of carboxylic acids is 1. The van der Waals surface area contributed by atoms with Gasteiger partial charge < -0.3 is 15.6 Å². The Kier molecular flexibility index (Phi) is 2.52. The van der Waals surface area contributed by atoms with Gasteiger partial charge in [-0.15, -0.1) is 0 Å². The van der Waals surface area contributed by atoms with E-state index in [1.807, 2.05) is 0 Å². The van der Waals surface area contributed by atoms with Crippen LogP contribution in [0.15, 0.2) is 23.2 Å². The van der Waals surface area contributed by atoms with E-state index in [4.69, 9.17) is 15.6 Å². The van der Waals surface area contributed by atoms with Crippen molar-refractivity contribution in [1.29, 1.82) is 0 Å². The molecule has 5 nitrogen and oxygen atoms in total. The molecule has 1 aromatic rings. The molecule has 0 fully saturated rings. The minimum Gasteiger partial charge on any atom is -0.481 e. The van der Waals surface area contributed by atoms with E-state index >= 15 is 0 Å². The number of ether oxygens (including phenoxy) is 1. The average molecular weight is 220 g/mol. The second kappa shape index (κ2) is 3.84. The molecule has 5 heteroatoms. The van der Waals surface area contributed by atoms with Crippen LogP contribution in [0.5, 0.6) is 5.75 Å². The third-order valence-electron chi connectivity index (χ3n) is 2.35. The number of carbonyl (C=O) groups is 1. The summed E-state index contributed by atoms with van der Waals surface area (Å²) in [4.78, 5) is 14.7. The van der Waals surface area contributed by atoms with Crippen molar-refractivity contribution in [1.82, 2.24) is 0 Å². The Morgan fingerprint density at radius 1 is 1.62 bits per heavy atom. The van der Waals surface area contributed by atoms with Crippen LogP contribution in [0, 0.1) is 0 Å². The molecular formula is C11H12N2O3. The van der Waals surface area contributed by atoms with Gasteiger partial charge in [0.2, 0.25) is 0 Å². The van der Waals surface area contributed by atoms with Crippen LogP contribution in [-0.2, 0) is 11.2 Å². The van der Waals surface area contributed by atoms with Gasteiger partial charge in [-0.2, -0.15) is 0 Å². The van der Waals surface area contributed by atoms with Crippen molar-refractivity contribution in [2.75, 3.05) is 0 Å². The highest BCUT2D eigenvalue weighted by atomic mass is 16.5. The van der Waals surface area contributed by atoms with Gasteiger partial charge in [-0.1, -0.05) is 6.07 Å². The number of rotatable bonds is 2. The fourth-order valence-electron chi connectivity index (χ4n) is 1.51. The average Bonchev–Trinajstić information content (AvgIpc) is 2.19. The molecule has 0 amide bonds. The predicted molar refractivity (Wildman–Crippen MR) is 59.2 cm³/mol. The van der Waals surface area contributed by atoms with Crippen LogP contribution < -0.4 is 10.5 Å². The highest BCUT2D eigenvalue weighted by molar-refractivity contribution is 5.89. The molecule has 0 saturated heterocycles. The summed E-state index contributed by atoms with van der Waals surface area (Å²) in [7, 11) is 0. The summed E-state index contributed by atoms with van der Waals surface area (Å²) in [5.41, 5.74) is 6.98. The maximum atomic E-state index is 10.6. The minimum atomic E-state index is -0.869. The molecule has 1 unspecified atom stereocenters. The second-order valence-corrected chi connectivity index (χ2v) is 3.67. The van der Waals surface area contributed by atoms with Gasteiger partial charge in [0.15, 0.2) is 6.10 Å². The van der Waals surface area contributed by atoms with Crippen molar-refractivity contribution in [2.24, 2.45) is 10.7 Å². The summed E-state index contributed by atoms with van der Waals surface area (Å²) in [5.74, 6) is 0.144. The van der Waals surface area contributed by atoms with Gasteiger partial charge in [-0.05, 0) is 24.6 Å². The third kappa shape index (κ3) is 1.98. The molecule has 1 heterocycles. The molecule has 1 aliphatic rings. The summed E-state index contributed by atoms with van der Waals surface area (Å²) >= 11 is 0. The van der Waals surface area contributed by atoms with Crippen LogP contribution in [0.4, 0.5) is 5.69 Å². The van der Waals surface area contributed by atoms with Crippen LogP contribution in [0.3, 0.4) is 0 Å². The van der Waals surface area contributed by atoms with Gasteiger partial charge in [0.1, 0.15) is 17.3 Å². The molecule has 2 rings (SSSR count). The number of nitrogens with two attached hydrogens (primary N) is 1. The monoisotopic (exact) mass is 220 g/mol. The van der Waals surface area contributed by atoms with Gasteiger partial charge in [0, 0.05) is 0 Å². The number of hydrogen-bond donors (Lipinski definition) is 2. The zero-order valence-electron chi connectivity index (χ0n) is 8.80. The van der Waals surface area contributed by atoms with Gasteiger partial charge in [0.05, 0.1) is 6.42 Å². The molecular weight excluding hydrogens is 208 g/mol. The van der Waals surface area contributed by atoms with Crippen LogP contribution >= 0.6 is 0 Å². The Balaban J connectivity index is 2.34. The van der Waals surface area contributed by atoms with E-state index in [0.717, 1.165) is 0 Å². The Hall–Kier alpha value is -2.04. The Morgan fingerprint density at radius 2 is 2.38 bits per heavy atom. The van der Waals surface area contributed by atoms with Crippen molar-refractivity contribution in [3.05, 3.63) is 23.8 Å². The van der Waals surface area contributed by atoms with E-state index < -0.39 is 5.97 Å². The number of carboxylic acid groups (broad SMARTS) is 1. The number of benzene rings is 1. The van der Waals surface area contributed by atoms with Gasteiger partial charge in [-0.25, -0.2) is 4.99 Å². The first kappa shape index (κ1) is 10.5. The number of amidine groups is 1. The molecule has 0 spiro atoms. The summed E-state index contributed by atoms with van der Waals surface area (Å²) in [6, 6.07) is 5.12. The number of aliphatic imine (C=N–C) groups is 1. The molecule has 0 radical (unpaired) electrons. The van der Waals surface area contributed by atoms with Crippen molar-refractivity contribution in [3.8, 4) is 5.75 Å². The number of nitrogens with zero attached hydrogens (tertiary/aromatic N) is 1. The molecule has 0 aliphatic carbocycles. The molecule has 0 aromatic heterocycles. The minimum absolute atomic E-state index is 0.0236. The van der Waals surface area contributed by atoms with E-state index in [1.54, 1.807) is 25.1 Å². The molecule has 1 atom stereocenters. The lowest BCUT2D eigenvalue weighted by Gasteiger charge is -2.21. The molecule has 16 heavy (non-hydrogen) atoms. The van der Waals surface area contributed by atoms with Crippen LogP contribution in [0.1, 0.15) is 12.5 Å². The number of hydrogen-bond acceptors (Lipinski definition) is 4. The SMILES string of the molecule is CC1Oc2cc(CC(=O)O)ccc2N=C1N. The van der Waals surface area contributed by atoms with Crippen molar-refractivity contribution in [2.45, 2.75) is 19.4 Å². The van der Waals surface area contributed by atoms with E-state index in [9.17, 15) is 4.79 Å². The quantitative estimate of drug-likeness (QED) is 0.781. The van der Waals surface area contributed by atoms with E-state index in [0.29, 0.717) is 22.8 Å². The standard InChI is InChI=1S/C11H12N2O3/c1-6-11(12)13-8-3-2-7(5-10(14)15)4-9(8)16-6/h2-4,6H,5H2,1H3,(H2,12,13)(H,14,15). The Labute approximate surface area is 92.6 Å². The van der Waals surface area contributed by atoms with Gasteiger partial charge in [-0.3, -0.25) is 4.79 Å². The van der Waals surface area contributed by atoms with E-state index in [1.165, 1.54) is 0 Å². The maximum Gasteiger partial charge on any atom is 0.307 e. The summed E-state index contributed by atoms with van der Waals surface area (Å²) in [6.45, 7) is 1.80. The van der Waals surface area contributed by atoms with Crippen LogP contribution in [0.25, 0.3) is 0 Å². The first-order valence-corrected chi connectivity index (χ1v) is 4.91. The topological polar surface area (TPSA) is 84.9 Å². The third-order valence-corrected chi connectivity index (χ3v) is 2.35. The lowest BCUT2D eigenvalue weighted by Crippen LogP contribution is -2.33. The summed E-state index contributed by atoms with van der Waals surface area (Å²) in [5, 5.41) is 8.68. The number of aliphatic carboxylic acids is 1. The first-order valence-electron chi connectivity index (χ1n) is 4.91. The largest absolute Gasteiger partial charge is 0.481 e. The molecule has 1 aliphatic heterocycles. The fourth-order valence-corrected chi connectivity index (χ4v) is 1.51. The highest BCUT2D eigenvalue weighted by Gasteiger charge is 2.18. The molecule has 3 N–H and O–H groups in total. The van der Waals surface area contributed by atoms with Gasteiger partial charge in [0.25, 0.3) is 0 Å². The normalized spacial score (nSPS) is 18.3. The molecule has 1 aromatic carbocycles. The Morgan fingerprint density at radius 3 is 3.06 bits per heavy atom. The van der Waals surface area contributed by atoms with Crippen molar-refractivity contribution >= 4 is 17.5 Å². The van der Waals surface area contributed by atoms with Gasteiger partial charge >= 0.3 is 5.97 Å². The fraction of sp³-hybridized carbons (Fsp3) is 0.273. The zero-order chi connectivity index (χ0) is 11.7. The van der Waals surface area contributed by atoms with Crippen LogP contribution in [-0.4, -0.2) is 23.0 Å². The number of fused-ring (bicyclic) bond motifs is 1. The second-order valence-electron chi connectivity index (χ2n) is 3.67. The smallest absolute Gasteiger partial charge is 0.307 e. The van der Waals surface area contributed by atoms with Crippen molar-refractivity contribution < 1.29 is 14.6 Å². The lowest BCUT2D eigenvalue weighted by molar-refractivity contribution is -0.136. The Bertz CT molecular complexity index is 468. The van der Waals surface area contributed by atoms with E-state index in [2.05, 4.69) is 4.99 Å². The summed E-state index contributed by atoms with van der Waals surface area (Å²) in [6.07, 6.45) is -0.294. The molecule has 84 valence electrons. The highest BCUT2D eigenvalue weighted by Crippen LogP contribution is 2.32. The lowest BCUT2D eigenvalue weighted by atomic mass is 10.1. The molecule has 0 saturated carbocycles. The zero-order valence-corrected chi connectivity index (χ0v) is 8.80. The predicted octanol–water partition coefficient (Wildman–Crippen LogP) is 1.08. The van der Waals surface area contributed by atoms with Crippen LogP contribution in [0.2, 0.25) is 0 Å². The summed E-state index contributed by atoms with van der Waals surface area (Å²) < 4.78 is 5.52. The van der Waals surface area contributed by atoms with Crippen molar-refractivity contribution in [3.63, 3.8) is 0 Å².